The van der Waals surface area contributed by atoms with Gasteiger partial charge in [0.15, 0.2) is 5.82 Å². The van der Waals surface area contributed by atoms with Crippen LogP contribution in [0.1, 0.15) is 23.0 Å². The molecule has 0 fully saturated rings. The van der Waals surface area contributed by atoms with Crippen LogP contribution in [0.2, 0.25) is 5.02 Å². The Hall–Kier alpha value is -1.86. The van der Waals surface area contributed by atoms with Crippen molar-refractivity contribution in [2.24, 2.45) is 0 Å². The monoisotopic (exact) mass is 385 g/mol. The predicted molar refractivity (Wildman–Crippen MR) is 85.9 cm³/mol. The summed E-state index contributed by atoms with van der Waals surface area (Å²) in [5.74, 6) is 0.113. The van der Waals surface area contributed by atoms with Crippen LogP contribution in [0.5, 0.6) is 0 Å². The van der Waals surface area contributed by atoms with E-state index in [-0.39, 0.29) is 5.91 Å². The second-order valence-corrected chi connectivity index (χ2v) is 5.90. The van der Waals surface area contributed by atoms with E-state index in [2.05, 4.69) is 31.7 Å². The molecule has 8 heteroatoms. The van der Waals surface area contributed by atoms with E-state index in [1.54, 1.807) is 38.1 Å². The minimum absolute atomic E-state index is 0.304. The van der Waals surface area contributed by atoms with Crippen LogP contribution < -0.4 is 10.6 Å². The van der Waals surface area contributed by atoms with Gasteiger partial charge in [-0.15, -0.1) is 0 Å². The molecule has 0 aliphatic rings. The molecule has 0 spiro atoms. The van der Waals surface area contributed by atoms with Crippen LogP contribution >= 0.6 is 27.5 Å². The quantitative estimate of drug-likeness (QED) is 0.845. The van der Waals surface area contributed by atoms with Gasteiger partial charge >= 0.3 is 0 Å². The Labute approximate surface area is 140 Å². The smallest absolute Gasteiger partial charge is 0.251 e. The summed E-state index contributed by atoms with van der Waals surface area (Å²) in [6.45, 7) is 3.29. The van der Waals surface area contributed by atoms with Crippen molar-refractivity contribution in [2.45, 2.75) is 19.9 Å². The van der Waals surface area contributed by atoms with Crippen LogP contribution in [-0.2, 0) is 4.79 Å². The van der Waals surface area contributed by atoms with Gasteiger partial charge in [0.1, 0.15) is 11.8 Å². The number of nitrogens with zero attached hydrogens (tertiary/aromatic N) is 1. The number of carbonyl (C=O) groups excluding carboxylic acids is 2. The number of halogens is 2. The summed E-state index contributed by atoms with van der Waals surface area (Å²) in [6.07, 6.45) is 0. The summed E-state index contributed by atoms with van der Waals surface area (Å²) >= 11 is 9.12. The zero-order valence-electron chi connectivity index (χ0n) is 11.8. The lowest BCUT2D eigenvalue weighted by Crippen LogP contribution is -2.41. The van der Waals surface area contributed by atoms with E-state index in [9.17, 15) is 9.59 Å². The van der Waals surface area contributed by atoms with Gasteiger partial charge in [0.2, 0.25) is 5.91 Å². The van der Waals surface area contributed by atoms with Crippen molar-refractivity contribution in [3.05, 3.63) is 45.1 Å². The van der Waals surface area contributed by atoms with Crippen LogP contribution in [-0.4, -0.2) is 23.0 Å². The molecule has 0 aliphatic carbocycles. The Morgan fingerprint density at radius 2 is 2.09 bits per heavy atom. The van der Waals surface area contributed by atoms with Crippen LogP contribution in [0.25, 0.3) is 0 Å². The molecule has 1 unspecified atom stereocenters. The molecule has 0 radical (unpaired) electrons. The third-order valence-electron chi connectivity index (χ3n) is 2.80. The van der Waals surface area contributed by atoms with Crippen molar-refractivity contribution in [3.63, 3.8) is 0 Å². The van der Waals surface area contributed by atoms with Crippen molar-refractivity contribution in [3.8, 4) is 0 Å². The number of hydrogen-bond acceptors (Lipinski definition) is 4. The lowest BCUT2D eigenvalue weighted by molar-refractivity contribution is -0.117. The number of carbonyl (C=O) groups is 2. The van der Waals surface area contributed by atoms with Gasteiger partial charge in [-0.2, -0.15) is 0 Å². The first-order chi connectivity index (χ1) is 10.4. The molecule has 0 saturated carbocycles. The van der Waals surface area contributed by atoms with Crippen LogP contribution in [0, 0.1) is 6.92 Å². The van der Waals surface area contributed by atoms with Crippen molar-refractivity contribution >= 4 is 45.2 Å². The van der Waals surface area contributed by atoms with Crippen LogP contribution in [0.3, 0.4) is 0 Å². The fourth-order valence-electron chi connectivity index (χ4n) is 1.64. The van der Waals surface area contributed by atoms with Crippen molar-refractivity contribution < 1.29 is 14.1 Å². The normalized spacial score (nSPS) is 11.8. The summed E-state index contributed by atoms with van der Waals surface area (Å²) in [7, 11) is 0. The van der Waals surface area contributed by atoms with E-state index in [1.165, 1.54) is 0 Å². The zero-order valence-corrected chi connectivity index (χ0v) is 14.2. The van der Waals surface area contributed by atoms with Gasteiger partial charge in [0.05, 0.1) is 5.02 Å². The highest BCUT2D eigenvalue weighted by atomic mass is 79.9. The van der Waals surface area contributed by atoms with E-state index in [1.807, 2.05) is 0 Å². The Morgan fingerprint density at radius 3 is 2.68 bits per heavy atom. The maximum atomic E-state index is 12.1. The number of amides is 2. The molecule has 2 N–H and O–H groups in total. The van der Waals surface area contributed by atoms with Gasteiger partial charge in [-0.3, -0.25) is 9.59 Å². The summed E-state index contributed by atoms with van der Waals surface area (Å²) < 4.78 is 5.46. The first-order valence-corrected chi connectivity index (χ1v) is 7.54. The van der Waals surface area contributed by atoms with Gasteiger partial charge in [-0.25, -0.2) is 0 Å². The Bertz CT molecular complexity index is 717. The average molecular weight is 387 g/mol. The Kier molecular flexibility index (Phi) is 5.20. The lowest BCUT2D eigenvalue weighted by Gasteiger charge is -2.13. The number of benzene rings is 1. The molecule has 1 atom stereocenters. The largest absolute Gasteiger partial charge is 0.360 e. The SMILES string of the molecule is Cc1cc(NC(=O)C(C)NC(=O)c2ccc(Cl)c(Br)c2)no1. The molecule has 6 nitrogen and oxygen atoms in total. The second kappa shape index (κ2) is 6.93. The van der Waals surface area contributed by atoms with Gasteiger partial charge in [0.25, 0.3) is 5.91 Å². The molecule has 2 amide bonds. The minimum atomic E-state index is -0.737. The van der Waals surface area contributed by atoms with E-state index in [0.717, 1.165) is 0 Å². The number of nitrogens with one attached hydrogen (secondary N) is 2. The summed E-state index contributed by atoms with van der Waals surface area (Å²) in [5.41, 5.74) is 0.396. The third-order valence-corrected chi connectivity index (χ3v) is 4.02. The molecular formula is C14H13BrClN3O3. The fraction of sp³-hybridized carbons (Fsp3) is 0.214. The van der Waals surface area contributed by atoms with E-state index >= 15 is 0 Å². The molecule has 1 aromatic heterocycles. The molecule has 0 saturated heterocycles. The van der Waals surface area contributed by atoms with Crippen molar-refractivity contribution in [2.75, 3.05) is 5.32 Å². The molecule has 1 aromatic carbocycles. The van der Waals surface area contributed by atoms with Crippen LogP contribution in [0.4, 0.5) is 5.82 Å². The molecule has 0 bridgehead atoms. The zero-order chi connectivity index (χ0) is 16.3. The highest BCUT2D eigenvalue weighted by molar-refractivity contribution is 9.10. The number of aromatic nitrogens is 1. The number of aryl methyl sites for hydroxylation is 1. The average Bonchev–Trinajstić information content (AvgIpc) is 2.86. The van der Waals surface area contributed by atoms with E-state index in [0.29, 0.717) is 26.6 Å². The molecule has 2 aromatic rings. The number of rotatable bonds is 4. The first kappa shape index (κ1) is 16.5. The summed E-state index contributed by atoms with van der Waals surface area (Å²) in [5, 5.41) is 9.31. The standard InChI is InChI=1S/C14H13BrClN3O3/c1-7-5-12(19-22-7)18-13(20)8(2)17-14(21)9-3-4-11(16)10(15)6-9/h3-6,8H,1-2H3,(H,17,21)(H,18,19,20). The van der Waals surface area contributed by atoms with Gasteiger partial charge in [0, 0.05) is 16.1 Å². The maximum absolute atomic E-state index is 12.1. The van der Waals surface area contributed by atoms with Crippen molar-refractivity contribution in [1.82, 2.24) is 10.5 Å². The molecular weight excluding hydrogens is 374 g/mol. The predicted octanol–water partition coefficient (Wildman–Crippen LogP) is 3.16. The summed E-state index contributed by atoms with van der Waals surface area (Å²) in [6, 6.07) is 5.61. The Morgan fingerprint density at radius 1 is 1.36 bits per heavy atom. The number of anilines is 1. The van der Waals surface area contributed by atoms with E-state index < -0.39 is 11.9 Å². The third kappa shape index (κ3) is 4.08. The second-order valence-electron chi connectivity index (χ2n) is 4.64. The molecule has 22 heavy (non-hydrogen) atoms. The minimum Gasteiger partial charge on any atom is -0.360 e. The highest BCUT2D eigenvalue weighted by Gasteiger charge is 2.18. The highest BCUT2D eigenvalue weighted by Crippen LogP contribution is 2.23. The maximum Gasteiger partial charge on any atom is 0.251 e. The van der Waals surface area contributed by atoms with Gasteiger partial charge in [-0.1, -0.05) is 16.8 Å². The van der Waals surface area contributed by atoms with E-state index in [4.69, 9.17) is 16.1 Å². The first-order valence-electron chi connectivity index (χ1n) is 6.37. The molecule has 2 rings (SSSR count). The molecule has 0 aliphatic heterocycles. The molecule has 1 heterocycles. The molecule has 116 valence electrons. The topological polar surface area (TPSA) is 84.2 Å². The van der Waals surface area contributed by atoms with Gasteiger partial charge < -0.3 is 15.2 Å². The summed E-state index contributed by atoms with van der Waals surface area (Å²) in [4.78, 5) is 24.1. The Balaban J connectivity index is 1.98. The number of hydrogen-bond donors (Lipinski definition) is 2. The lowest BCUT2D eigenvalue weighted by atomic mass is 10.2. The van der Waals surface area contributed by atoms with Crippen LogP contribution in [0.15, 0.2) is 33.3 Å². The van der Waals surface area contributed by atoms with Gasteiger partial charge in [-0.05, 0) is 48.0 Å². The van der Waals surface area contributed by atoms with Crippen molar-refractivity contribution in [1.29, 1.82) is 0 Å². The fourth-order valence-corrected chi connectivity index (χ4v) is 2.14.